The fourth-order valence-electron chi connectivity index (χ4n) is 2.32. The van der Waals surface area contributed by atoms with Crippen LogP contribution in [-0.2, 0) is 11.3 Å². The maximum atomic E-state index is 13.8. The number of ether oxygens (including phenoxy) is 1. The molecule has 1 amide bonds. The van der Waals surface area contributed by atoms with Gasteiger partial charge in [0.05, 0.1) is 19.3 Å². The number of hydrogen-bond acceptors (Lipinski definition) is 3. The van der Waals surface area contributed by atoms with E-state index in [4.69, 9.17) is 16.3 Å². The largest absolute Gasteiger partial charge is 0.494 e. The monoisotopic (exact) mass is 352 g/mol. The first kappa shape index (κ1) is 18.2. The van der Waals surface area contributed by atoms with Gasteiger partial charge in [0.15, 0.2) is 23.3 Å². The number of quaternary nitrogens is 1. The zero-order valence-electron chi connectivity index (χ0n) is 13.6. The minimum Gasteiger partial charge on any atom is -0.494 e. The topological polar surface area (TPSA) is 55.7 Å². The third-order valence-corrected chi connectivity index (χ3v) is 3.92. The third kappa shape index (κ3) is 4.91. The minimum absolute atomic E-state index is 0.171. The number of amides is 1. The molecule has 0 aliphatic rings. The zero-order chi connectivity index (χ0) is 17.5. The van der Waals surface area contributed by atoms with Crippen molar-refractivity contribution < 1.29 is 18.8 Å². The highest BCUT2D eigenvalue weighted by molar-refractivity contribution is 6.32. The van der Waals surface area contributed by atoms with Gasteiger partial charge in [-0.05, 0) is 37.3 Å². The number of rotatable bonds is 7. The van der Waals surface area contributed by atoms with Crippen LogP contribution in [0.15, 0.2) is 36.5 Å². The number of halogens is 2. The molecule has 1 unspecified atom stereocenters. The Bertz CT molecular complexity index is 712. The molecule has 0 aliphatic carbocycles. The predicted molar refractivity (Wildman–Crippen MR) is 90.9 cm³/mol. The maximum absolute atomic E-state index is 13.8. The van der Waals surface area contributed by atoms with Gasteiger partial charge in [-0.3, -0.25) is 4.79 Å². The lowest BCUT2D eigenvalue weighted by Gasteiger charge is -2.18. The van der Waals surface area contributed by atoms with Crippen molar-refractivity contribution in [3.63, 3.8) is 0 Å². The molecule has 2 N–H and O–H groups in total. The first-order valence-corrected chi connectivity index (χ1v) is 7.97. The maximum Gasteiger partial charge on any atom is 0.279 e. The highest BCUT2D eigenvalue weighted by Crippen LogP contribution is 2.18. The standard InChI is InChI=1S/C17H19ClFN3O2/c1-3-22(10-12-6-7-15(24-2)13(19)9-12)11-16(23)21-14-5-4-8-20-17(14)18/h4-9H,3,10-11H2,1-2H3,(H,21,23)/p+1. The van der Waals surface area contributed by atoms with E-state index in [2.05, 4.69) is 10.3 Å². The number of aromatic nitrogens is 1. The molecule has 1 atom stereocenters. The van der Waals surface area contributed by atoms with Gasteiger partial charge in [-0.25, -0.2) is 9.37 Å². The smallest absolute Gasteiger partial charge is 0.279 e. The summed E-state index contributed by atoms with van der Waals surface area (Å²) >= 11 is 5.93. The van der Waals surface area contributed by atoms with E-state index in [0.29, 0.717) is 12.2 Å². The molecule has 2 rings (SSSR count). The summed E-state index contributed by atoms with van der Waals surface area (Å²) in [6.07, 6.45) is 1.56. The summed E-state index contributed by atoms with van der Waals surface area (Å²) in [4.78, 5) is 17.1. The Morgan fingerprint density at radius 2 is 2.21 bits per heavy atom. The average Bonchev–Trinajstić information content (AvgIpc) is 2.56. The number of likely N-dealkylation sites (N-methyl/N-ethyl adjacent to an activating group) is 1. The van der Waals surface area contributed by atoms with E-state index in [1.165, 1.54) is 13.2 Å². The van der Waals surface area contributed by atoms with Crippen LogP contribution in [0.1, 0.15) is 12.5 Å². The van der Waals surface area contributed by atoms with Crippen LogP contribution in [-0.4, -0.2) is 31.1 Å². The molecule has 0 saturated carbocycles. The molecule has 0 aliphatic heterocycles. The van der Waals surface area contributed by atoms with Crippen molar-refractivity contribution in [3.8, 4) is 5.75 Å². The van der Waals surface area contributed by atoms with Crippen LogP contribution in [0, 0.1) is 5.82 Å². The summed E-state index contributed by atoms with van der Waals surface area (Å²) in [6, 6.07) is 8.22. The molecule has 0 bridgehead atoms. The number of pyridine rings is 1. The van der Waals surface area contributed by atoms with Crippen molar-refractivity contribution in [2.75, 3.05) is 25.5 Å². The number of benzene rings is 1. The molecule has 1 aromatic carbocycles. The molecule has 5 nitrogen and oxygen atoms in total. The van der Waals surface area contributed by atoms with E-state index >= 15 is 0 Å². The SMILES string of the molecule is CC[NH+](CC(=O)Nc1cccnc1Cl)Cc1ccc(OC)c(F)c1. The van der Waals surface area contributed by atoms with Gasteiger partial charge in [0.25, 0.3) is 5.91 Å². The summed E-state index contributed by atoms with van der Waals surface area (Å²) in [5.74, 6) is -0.367. The number of hydrogen-bond donors (Lipinski definition) is 2. The number of nitrogens with one attached hydrogen (secondary N) is 2. The Morgan fingerprint density at radius 1 is 1.42 bits per heavy atom. The van der Waals surface area contributed by atoms with Crippen molar-refractivity contribution in [1.29, 1.82) is 0 Å². The van der Waals surface area contributed by atoms with Gasteiger partial charge in [0.2, 0.25) is 0 Å². The van der Waals surface area contributed by atoms with Gasteiger partial charge in [0.1, 0.15) is 6.54 Å². The summed E-state index contributed by atoms with van der Waals surface area (Å²) in [7, 11) is 1.43. The zero-order valence-corrected chi connectivity index (χ0v) is 14.4. The van der Waals surface area contributed by atoms with Gasteiger partial charge < -0.3 is 15.0 Å². The fourth-order valence-corrected chi connectivity index (χ4v) is 2.49. The first-order chi connectivity index (χ1) is 11.5. The van der Waals surface area contributed by atoms with E-state index < -0.39 is 5.82 Å². The normalized spacial score (nSPS) is 11.8. The molecule has 1 aromatic heterocycles. The highest BCUT2D eigenvalue weighted by atomic mass is 35.5. The van der Waals surface area contributed by atoms with Crippen LogP contribution in [0.3, 0.4) is 0 Å². The number of nitrogens with zero attached hydrogens (tertiary/aromatic N) is 1. The second-order valence-electron chi connectivity index (χ2n) is 5.32. The number of anilines is 1. The third-order valence-electron chi connectivity index (χ3n) is 3.61. The molecule has 7 heteroatoms. The van der Waals surface area contributed by atoms with Crippen LogP contribution in [0.25, 0.3) is 0 Å². The van der Waals surface area contributed by atoms with Crippen molar-refractivity contribution in [2.24, 2.45) is 0 Å². The summed E-state index contributed by atoms with van der Waals surface area (Å²) in [5, 5.41) is 2.99. The van der Waals surface area contributed by atoms with E-state index in [1.54, 1.807) is 30.5 Å². The van der Waals surface area contributed by atoms with Crippen LogP contribution >= 0.6 is 11.6 Å². The molecule has 0 spiro atoms. The lowest BCUT2D eigenvalue weighted by atomic mass is 10.2. The number of methoxy groups -OCH3 is 1. The molecule has 24 heavy (non-hydrogen) atoms. The van der Waals surface area contributed by atoms with Crippen molar-refractivity contribution in [3.05, 3.63) is 53.1 Å². The van der Waals surface area contributed by atoms with E-state index in [9.17, 15) is 9.18 Å². The second kappa shape index (κ2) is 8.61. The lowest BCUT2D eigenvalue weighted by molar-refractivity contribution is -0.903. The van der Waals surface area contributed by atoms with Gasteiger partial charge in [0, 0.05) is 11.8 Å². The van der Waals surface area contributed by atoms with Gasteiger partial charge in [-0.15, -0.1) is 0 Å². The Hall–Kier alpha value is -2.18. The quantitative estimate of drug-likeness (QED) is 0.749. The molecule has 0 radical (unpaired) electrons. The highest BCUT2D eigenvalue weighted by Gasteiger charge is 2.15. The van der Waals surface area contributed by atoms with Gasteiger partial charge in [-0.1, -0.05) is 11.6 Å². The summed E-state index contributed by atoms with van der Waals surface area (Å²) in [5.41, 5.74) is 1.28. The van der Waals surface area contributed by atoms with Crippen LogP contribution in [0.4, 0.5) is 10.1 Å². The minimum atomic E-state index is -0.406. The summed E-state index contributed by atoms with van der Waals surface area (Å²) < 4.78 is 18.7. The molecule has 1 heterocycles. The van der Waals surface area contributed by atoms with E-state index in [0.717, 1.165) is 17.0 Å². The Balaban J connectivity index is 1.97. The second-order valence-corrected chi connectivity index (χ2v) is 5.67. The molecule has 128 valence electrons. The van der Waals surface area contributed by atoms with Gasteiger partial charge >= 0.3 is 0 Å². The van der Waals surface area contributed by atoms with Crippen LogP contribution in [0.2, 0.25) is 5.15 Å². The Morgan fingerprint density at radius 3 is 2.83 bits per heavy atom. The molecular weight excluding hydrogens is 333 g/mol. The molecule has 0 saturated heterocycles. The molecule has 0 fully saturated rings. The van der Waals surface area contributed by atoms with Gasteiger partial charge in [-0.2, -0.15) is 0 Å². The van der Waals surface area contributed by atoms with Crippen molar-refractivity contribution in [1.82, 2.24) is 4.98 Å². The van der Waals surface area contributed by atoms with E-state index in [-0.39, 0.29) is 23.4 Å². The van der Waals surface area contributed by atoms with Crippen molar-refractivity contribution >= 4 is 23.2 Å². The number of carbonyl (C=O) groups excluding carboxylic acids is 1. The molecule has 2 aromatic rings. The van der Waals surface area contributed by atoms with Crippen LogP contribution in [0.5, 0.6) is 5.75 Å². The Labute approximate surface area is 145 Å². The van der Waals surface area contributed by atoms with E-state index in [1.807, 2.05) is 6.92 Å². The lowest BCUT2D eigenvalue weighted by Crippen LogP contribution is -3.11. The number of carbonyl (C=O) groups is 1. The van der Waals surface area contributed by atoms with Crippen molar-refractivity contribution in [2.45, 2.75) is 13.5 Å². The Kier molecular flexibility index (Phi) is 6.52. The molecular formula is C17H20ClFN3O2+. The fraction of sp³-hybridized carbons (Fsp3) is 0.294. The average molecular weight is 353 g/mol. The summed E-state index contributed by atoms with van der Waals surface area (Å²) in [6.45, 7) is 3.47. The predicted octanol–water partition coefficient (Wildman–Crippen LogP) is 1.93. The van der Waals surface area contributed by atoms with Crippen LogP contribution < -0.4 is 15.0 Å². The first-order valence-electron chi connectivity index (χ1n) is 7.59.